The molecule has 3 rings (SSSR count). The van der Waals surface area contributed by atoms with Crippen LogP contribution in [0.4, 0.5) is 0 Å². The Morgan fingerprint density at radius 1 is 0.840 bits per heavy atom. The molecule has 7 N–H and O–H groups in total. The molecule has 278 valence electrons. The lowest BCUT2D eigenvalue weighted by atomic mass is 9.99. The first-order chi connectivity index (χ1) is 23.5. The van der Waals surface area contributed by atoms with Crippen LogP contribution in [0.5, 0.6) is 0 Å². The van der Waals surface area contributed by atoms with Gasteiger partial charge < -0.3 is 41.3 Å². The summed E-state index contributed by atoms with van der Waals surface area (Å²) in [6, 6.07) is 1.10. The topological polar surface area (TPSA) is 223 Å². The van der Waals surface area contributed by atoms with Crippen molar-refractivity contribution < 1.29 is 43.1 Å². The molecule has 0 radical (unpaired) electrons. The third kappa shape index (κ3) is 12.4. The van der Waals surface area contributed by atoms with E-state index in [4.69, 9.17) is 0 Å². The fourth-order valence-corrected chi connectivity index (χ4v) is 7.15. The third-order valence-corrected chi connectivity index (χ3v) is 10.00. The van der Waals surface area contributed by atoms with Crippen LogP contribution in [0.25, 0.3) is 0 Å². The molecule has 6 amide bonds. The lowest BCUT2D eigenvalue weighted by Crippen LogP contribution is -2.61. The molecule has 0 spiro atoms. The molecule has 1 aromatic rings. The minimum Gasteiger partial charge on any atom is -0.345 e. The van der Waals surface area contributed by atoms with Gasteiger partial charge in [0.2, 0.25) is 35.4 Å². The summed E-state index contributed by atoms with van der Waals surface area (Å²) >= 11 is 1.49. The fraction of sp³-hybridized carbons (Fsp3) is 0.636. The van der Waals surface area contributed by atoms with Crippen LogP contribution >= 0.6 is 19.4 Å². The van der Waals surface area contributed by atoms with Gasteiger partial charge in [0.15, 0.2) is 0 Å². The summed E-state index contributed by atoms with van der Waals surface area (Å²) in [6.45, 7) is 7.02. The van der Waals surface area contributed by atoms with Crippen LogP contribution in [-0.2, 0) is 45.9 Å². The molecule has 0 aliphatic carbocycles. The summed E-state index contributed by atoms with van der Waals surface area (Å²) in [4.78, 5) is 102. The molecule has 2 aliphatic rings. The van der Waals surface area contributed by atoms with Gasteiger partial charge in [0.25, 0.3) is 0 Å². The molecular weight excluding hydrogens is 687 g/mol. The van der Waals surface area contributed by atoms with Crippen LogP contribution in [0, 0.1) is 11.8 Å². The molecule has 50 heavy (non-hydrogen) atoms. The number of rotatable bonds is 10. The maximum absolute atomic E-state index is 14.0. The Kier molecular flexibility index (Phi) is 15.3. The molecule has 0 bridgehead atoms. The molecule has 5 atom stereocenters. The number of carbonyl (C=O) groups excluding carboxylic acids is 6. The molecule has 0 aromatic heterocycles. The molecule has 1 aromatic carbocycles. The Bertz CT molecular complexity index is 1440. The highest BCUT2D eigenvalue weighted by Gasteiger charge is 2.40. The molecule has 2 aliphatic heterocycles. The maximum Gasteiger partial charge on any atom is 0.329 e. The third-order valence-electron chi connectivity index (χ3n) is 8.58. The van der Waals surface area contributed by atoms with E-state index < -0.39 is 91.9 Å². The van der Waals surface area contributed by atoms with Crippen LogP contribution in [0.15, 0.2) is 24.3 Å². The van der Waals surface area contributed by atoms with E-state index in [9.17, 15) is 43.1 Å². The minimum absolute atomic E-state index is 0.00917. The summed E-state index contributed by atoms with van der Waals surface area (Å²) in [7, 11) is -4.30. The number of benzene rings is 1. The van der Waals surface area contributed by atoms with Gasteiger partial charge in [0, 0.05) is 13.0 Å². The monoisotopic (exact) mass is 738 g/mol. The van der Waals surface area contributed by atoms with Crippen molar-refractivity contribution in [2.75, 3.05) is 25.1 Å². The van der Waals surface area contributed by atoms with E-state index in [1.54, 1.807) is 26.0 Å². The van der Waals surface area contributed by atoms with Crippen molar-refractivity contribution in [2.24, 2.45) is 11.8 Å². The molecule has 17 heteroatoms. The van der Waals surface area contributed by atoms with E-state index in [1.807, 2.05) is 20.1 Å². The summed E-state index contributed by atoms with van der Waals surface area (Å²) in [5.74, 6) is -3.33. The number of fused-ring (bicyclic) bond motifs is 1. The number of hydrogen-bond acceptors (Lipinski definition) is 8. The summed E-state index contributed by atoms with van der Waals surface area (Å²) in [5, 5.41) is 13.5. The van der Waals surface area contributed by atoms with Crippen molar-refractivity contribution in [3.05, 3.63) is 35.4 Å². The Morgan fingerprint density at radius 3 is 2.06 bits per heavy atom. The molecule has 15 nitrogen and oxygen atoms in total. The number of hydrogen-bond donors (Lipinski definition) is 7. The minimum atomic E-state index is -4.30. The van der Waals surface area contributed by atoms with Crippen molar-refractivity contribution in [3.63, 3.8) is 0 Å². The molecule has 0 unspecified atom stereocenters. The predicted molar refractivity (Wildman–Crippen MR) is 189 cm³/mol. The first-order valence-electron chi connectivity index (χ1n) is 16.9. The summed E-state index contributed by atoms with van der Waals surface area (Å²) in [6.07, 6.45) is 2.81. The van der Waals surface area contributed by atoms with E-state index in [2.05, 4.69) is 26.6 Å². The van der Waals surface area contributed by atoms with Crippen LogP contribution in [0.1, 0.15) is 64.5 Å². The molecule has 2 saturated heterocycles. The van der Waals surface area contributed by atoms with Gasteiger partial charge >= 0.3 is 7.60 Å². The van der Waals surface area contributed by atoms with Crippen molar-refractivity contribution in [1.29, 1.82) is 0 Å². The van der Waals surface area contributed by atoms with Crippen LogP contribution in [0.2, 0.25) is 0 Å². The summed E-state index contributed by atoms with van der Waals surface area (Å²) < 4.78 is 11.4. The Balaban J connectivity index is 1.98. The van der Waals surface area contributed by atoms with Crippen LogP contribution in [0.3, 0.4) is 0 Å². The second-order valence-corrected chi connectivity index (χ2v) is 16.3. The van der Waals surface area contributed by atoms with E-state index in [-0.39, 0.29) is 31.7 Å². The SMILES string of the molecule is CSCC[C@@H]1NC(=O)[C@@H]2CCCN2C(=O)[C@H](C(C)C)NC(=O)[C@@H](Cc2ccc(CP(=O)(O)O)cc2)NC(=O)CNC(=O)[C@H](CC(C)C)NC1=O. The lowest BCUT2D eigenvalue weighted by Gasteiger charge is -2.32. The maximum atomic E-state index is 14.0. The standard InChI is InChI=1S/C33H51N6O9PS/c1-19(2)15-24-29(41)34-17-27(40)35-25(16-21-8-10-22(11-9-21)18-49(46,47)48)31(43)38-28(20(3)4)33(45)39-13-6-7-26(39)32(44)36-23(12-14-50-5)30(42)37-24/h8-11,19-20,23-26,28H,6-7,12-18H2,1-5H3,(H,34,41)(H,35,40)(H,36,44)(H,37,42)(H,38,43)(H2,46,47,48)/t23-,24-,25+,26-,28-/m0/s1. The van der Waals surface area contributed by atoms with Gasteiger partial charge in [-0.2, -0.15) is 11.8 Å². The zero-order valence-electron chi connectivity index (χ0n) is 29.3. The second kappa shape index (κ2) is 18.7. The largest absolute Gasteiger partial charge is 0.345 e. The number of amides is 6. The Labute approximate surface area is 297 Å². The van der Waals surface area contributed by atoms with Gasteiger partial charge in [0.1, 0.15) is 30.2 Å². The summed E-state index contributed by atoms with van der Waals surface area (Å²) in [5.41, 5.74) is 0.946. The first-order valence-corrected chi connectivity index (χ1v) is 20.1. The molecule has 2 fully saturated rings. The first kappa shape index (κ1) is 41.0. The van der Waals surface area contributed by atoms with Crippen molar-refractivity contribution >= 4 is 54.8 Å². The van der Waals surface area contributed by atoms with Gasteiger partial charge in [-0.25, -0.2) is 0 Å². The lowest BCUT2D eigenvalue weighted by molar-refractivity contribution is -0.143. The van der Waals surface area contributed by atoms with E-state index >= 15 is 0 Å². The zero-order chi connectivity index (χ0) is 37.2. The average molecular weight is 739 g/mol. The van der Waals surface area contributed by atoms with E-state index in [0.717, 1.165) is 0 Å². The zero-order valence-corrected chi connectivity index (χ0v) is 31.0. The van der Waals surface area contributed by atoms with Crippen LogP contribution in [-0.4, -0.2) is 105 Å². The number of carbonyl (C=O) groups is 6. The predicted octanol–water partition coefficient (Wildman–Crippen LogP) is 0.422. The Morgan fingerprint density at radius 2 is 1.46 bits per heavy atom. The van der Waals surface area contributed by atoms with Crippen molar-refractivity contribution in [1.82, 2.24) is 31.5 Å². The van der Waals surface area contributed by atoms with E-state index in [1.165, 1.54) is 28.8 Å². The van der Waals surface area contributed by atoms with Gasteiger partial charge in [-0.15, -0.1) is 0 Å². The number of nitrogens with zero attached hydrogens (tertiary/aromatic N) is 1. The van der Waals surface area contributed by atoms with Crippen molar-refractivity contribution in [2.45, 2.75) is 96.2 Å². The number of nitrogens with one attached hydrogen (secondary N) is 5. The fourth-order valence-electron chi connectivity index (χ4n) is 6.00. The van der Waals surface area contributed by atoms with Gasteiger partial charge in [0.05, 0.1) is 12.7 Å². The average Bonchev–Trinajstić information content (AvgIpc) is 3.53. The quantitative estimate of drug-likeness (QED) is 0.164. The van der Waals surface area contributed by atoms with Gasteiger partial charge in [-0.05, 0) is 60.7 Å². The van der Waals surface area contributed by atoms with Crippen molar-refractivity contribution in [3.8, 4) is 0 Å². The smallest absolute Gasteiger partial charge is 0.329 e. The van der Waals surface area contributed by atoms with E-state index in [0.29, 0.717) is 29.7 Å². The molecule has 0 saturated carbocycles. The Hall–Kier alpha value is -3.46. The second-order valence-electron chi connectivity index (χ2n) is 13.6. The van der Waals surface area contributed by atoms with Gasteiger partial charge in [-0.3, -0.25) is 33.3 Å². The van der Waals surface area contributed by atoms with Gasteiger partial charge in [-0.1, -0.05) is 52.0 Å². The highest BCUT2D eigenvalue weighted by Crippen LogP contribution is 2.39. The molecule has 2 heterocycles. The molecular formula is C33H51N6O9PS. The number of thioether (sulfide) groups is 1. The van der Waals surface area contributed by atoms with Crippen LogP contribution < -0.4 is 26.6 Å². The highest BCUT2D eigenvalue weighted by atomic mass is 32.2. The highest BCUT2D eigenvalue weighted by molar-refractivity contribution is 7.98. The normalized spacial score (nSPS) is 24.9.